The summed E-state index contributed by atoms with van der Waals surface area (Å²) >= 11 is 0. The van der Waals surface area contributed by atoms with E-state index in [2.05, 4.69) is 15.4 Å². The van der Waals surface area contributed by atoms with Gasteiger partial charge in [-0.1, -0.05) is 0 Å². The van der Waals surface area contributed by atoms with Crippen LogP contribution in [0.2, 0.25) is 0 Å². The lowest BCUT2D eigenvalue weighted by Gasteiger charge is -2.05. The maximum absolute atomic E-state index is 11.4. The van der Waals surface area contributed by atoms with Crippen molar-refractivity contribution in [2.75, 3.05) is 13.7 Å². The van der Waals surface area contributed by atoms with Crippen LogP contribution in [0.25, 0.3) is 0 Å². The van der Waals surface area contributed by atoms with E-state index in [4.69, 9.17) is 9.52 Å². The van der Waals surface area contributed by atoms with E-state index in [1.165, 1.54) is 13.2 Å². The lowest BCUT2D eigenvalue weighted by Crippen LogP contribution is -2.35. The quantitative estimate of drug-likeness (QED) is 0.511. The molecule has 21 heavy (non-hydrogen) atoms. The average Bonchev–Trinajstić information content (AvgIpc) is 2.81. The van der Waals surface area contributed by atoms with Gasteiger partial charge in [0.25, 0.3) is 0 Å². The summed E-state index contributed by atoms with van der Waals surface area (Å²) in [5.41, 5.74) is 0.316. The van der Waals surface area contributed by atoms with Crippen molar-refractivity contribution in [2.45, 2.75) is 26.3 Å². The van der Waals surface area contributed by atoms with E-state index in [0.717, 1.165) is 0 Å². The number of hydrogen-bond acceptors (Lipinski definition) is 5. The van der Waals surface area contributed by atoms with Crippen LogP contribution in [-0.4, -0.2) is 36.7 Å². The van der Waals surface area contributed by atoms with Crippen LogP contribution in [0, 0.1) is 6.92 Å². The summed E-state index contributed by atoms with van der Waals surface area (Å²) in [4.78, 5) is 33.1. The standard InChI is InChI=1S/C13H18N2O6/c1-8-10(12(18)20-2)6-9(21-8)7-15-13(19)14-5-3-4-11(16)17/h6H,3-5,7H2,1-2H3,(H,16,17)(H2,14,15,19). The maximum atomic E-state index is 11.4. The topological polar surface area (TPSA) is 118 Å². The van der Waals surface area contributed by atoms with Crippen LogP contribution in [0.4, 0.5) is 4.79 Å². The highest BCUT2D eigenvalue weighted by Gasteiger charge is 2.15. The zero-order chi connectivity index (χ0) is 15.8. The first kappa shape index (κ1) is 16.5. The van der Waals surface area contributed by atoms with Gasteiger partial charge in [-0.2, -0.15) is 0 Å². The molecular formula is C13H18N2O6. The monoisotopic (exact) mass is 298 g/mol. The Morgan fingerprint density at radius 2 is 2.05 bits per heavy atom. The number of methoxy groups -OCH3 is 1. The van der Waals surface area contributed by atoms with Gasteiger partial charge in [0, 0.05) is 13.0 Å². The molecule has 0 bridgehead atoms. The van der Waals surface area contributed by atoms with E-state index >= 15 is 0 Å². The minimum atomic E-state index is -0.904. The predicted octanol–water partition coefficient (Wildman–Crippen LogP) is 1.04. The molecule has 0 spiro atoms. The second-order valence-electron chi connectivity index (χ2n) is 4.28. The molecule has 3 N–H and O–H groups in total. The maximum Gasteiger partial charge on any atom is 0.341 e. The molecule has 0 saturated carbocycles. The van der Waals surface area contributed by atoms with Gasteiger partial charge >= 0.3 is 18.0 Å². The first-order valence-corrected chi connectivity index (χ1v) is 6.35. The van der Waals surface area contributed by atoms with Crippen molar-refractivity contribution >= 4 is 18.0 Å². The number of amides is 2. The fourth-order valence-corrected chi connectivity index (χ4v) is 1.61. The van der Waals surface area contributed by atoms with Crippen molar-refractivity contribution in [3.8, 4) is 0 Å². The molecule has 0 aliphatic rings. The molecule has 0 aliphatic heterocycles. The number of aliphatic carboxylic acids is 1. The molecule has 0 atom stereocenters. The van der Waals surface area contributed by atoms with E-state index in [0.29, 0.717) is 23.5 Å². The number of furan rings is 1. The minimum absolute atomic E-state index is 0.000147. The Morgan fingerprint density at radius 1 is 1.33 bits per heavy atom. The third kappa shape index (κ3) is 5.55. The van der Waals surface area contributed by atoms with Gasteiger partial charge in [0.2, 0.25) is 0 Å². The van der Waals surface area contributed by atoms with Gasteiger partial charge in [-0.05, 0) is 19.4 Å². The van der Waals surface area contributed by atoms with Crippen molar-refractivity contribution in [3.05, 3.63) is 23.2 Å². The molecule has 1 rings (SSSR count). The lowest BCUT2D eigenvalue weighted by molar-refractivity contribution is -0.137. The third-order valence-electron chi connectivity index (χ3n) is 2.65. The fourth-order valence-electron chi connectivity index (χ4n) is 1.61. The first-order valence-electron chi connectivity index (χ1n) is 6.35. The first-order chi connectivity index (χ1) is 9.93. The van der Waals surface area contributed by atoms with Crippen LogP contribution in [-0.2, 0) is 16.1 Å². The number of ether oxygens (including phenoxy) is 1. The Hall–Kier alpha value is -2.51. The Morgan fingerprint density at radius 3 is 2.67 bits per heavy atom. The van der Waals surface area contributed by atoms with Crippen molar-refractivity contribution < 1.29 is 28.6 Å². The zero-order valence-corrected chi connectivity index (χ0v) is 11.9. The van der Waals surface area contributed by atoms with Gasteiger partial charge in [0.15, 0.2) is 0 Å². The van der Waals surface area contributed by atoms with Gasteiger partial charge in [-0.25, -0.2) is 9.59 Å². The molecule has 8 heteroatoms. The van der Waals surface area contributed by atoms with Crippen LogP contribution in [0.15, 0.2) is 10.5 Å². The van der Waals surface area contributed by atoms with Gasteiger partial charge in [0.05, 0.1) is 13.7 Å². The fraction of sp³-hybridized carbons (Fsp3) is 0.462. The van der Waals surface area contributed by atoms with Gasteiger partial charge < -0.3 is 24.9 Å². The van der Waals surface area contributed by atoms with Gasteiger partial charge in [-0.15, -0.1) is 0 Å². The number of aryl methyl sites for hydroxylation is 1. The van der Waals surface area contributed by atoms with Crippen LogP contribution < -0.4 is 10.6 Å². The van der Waals surface area contributed by atoms with E-state index in [9.17, 15) is 14.4 Å². The number of carboxylic acids is 1. The summed E-state index contributed by atoms with van der Waals surface area (Å²) in [7, 11) is 1.28. The highest BCUT2D eigenvalue weighted by atomic mass is 16.5. The Bertz CT molecular complexity index is 523. The number of urea groups is 1. The Kier molecular flexibility index (Phi) is 6.25. The second kappa shape index (κ2) is 7.93. The summed E-state index contributed by atoms with van der Waals surface area (Å²) in [5.74, 6) is -0.562. The van der Waals surface area contributed by atoms with Crippen molar-refractivity contribution in [1.82, 2.24) is 10.6 Å². The van der Waals surface area contributed by atoms with Gasteiger partial charge in [0.1, 0.15) is 17.1 Å². The SMILES string of the molecule is COC(=O)c1cc(CNC(=O)NCCCC(=O)O)oc1C. The van der Waals surface area contributed by atoms with Crippen molar-refractivity contribution in [3.63, 3.8) is 0 Å². The highest BCUT2D eigenvalue weighted by molar-refractivity contribution is 5.90. The van der Waals surface area contributed by atoms with Crippen molar-refractivity contribution in [1.29, 1.82) is 0 Å². The number of rotatable bonds is 7. The zero-order valence-electron chi connectivity index (χ0n) is 11.9. The van der Waals surface area contributed by atoms with E-state index < -0.39 is 18.0 Å². The molecule has 2 amide bonds. The van der Waals surface area contributed by atoms with Crippen LogP contribution in [0.1, 0.15) is 34.7 Å². The Balaban J connectivity index is 2.36. The molecule has 1 aromatic rings. The van der Waals surface area contributed by atoms with E-state index in [1.54, 1.807) is 6.92 Å². The number of esters is 1. The average molecular weight is 298 g/mol. The van der Waals surface area contributed by atoms with Crippen molar-refractivity contribution in [2.24, 2.45) is 0 Å². The molecule has 0 aromatic carbocycles. The molecule has 1 heterocycles. The van der Waals surface area contributed by atoms with Crippen LogP contribution in [0.5, 0.6) is 0 Å². The number of hydrogen-bond donors (Lipinski definition) is 3. The minimum Gasteiger partial charge on any atom is -0.481 e. The Labute approximate surface area is 121 Å². The summed E-state index contributed by atoms with van der Waals surface area (Å²) < 4.78 is 9.92. The predicted molar refractivity (Wildman–Crippen MR) is 71.9 cm³/mol. The molecule has 0 fully saturated rings. The summed E-state index contributed by atoms with van der Waals surface area (Å²) in [6, 6.07) is 1.07. The molecule has 0 saturated heterocycles. The largest absolute Gasteiger partial charge is 0.481 e. The van der Waals surface area contributed by atoms with Gasteiger partial charge in [-0.3, -0.25) is 4.79 Å². The second-order valence-corrected chi connectivity index (χ2v) is 4.28. The van der Waals surface area contributed by atoms with Crippen LogP contribution >= 0.6 is 0 Å². The van der Waals surface area contributed by atoms with Crippen LogP contribution in [0.3, 0.4) is 0 Å². The molecule has 8 nitrogen and oxygen atoms in total. The third-order valence-corrected chi connectivity index (χ3v) is 2.65. The lowest BCUT2D eigenvalue weighted by atomic mass is 10.2. The van der Waals surface area contributed by atoms with E-state index in [1.807, 2.05) is 0 Å². The molecular weight excluding hydrogens is 280 g/mol. The number of carboxylic acid groups (broad SMARTS) is 1. The number of nitrogens with one attached hydrogen (secondary N) is 2. The number of carbonyl (C=O) groups excluding carboxylic acids is 2. The smallest absolute Gasteiger partial charge is 0.341 e. The molecule has 116 valence electrons. The summed E-state index contributed by atoms with van der Waals surface area (Å²) in [5, 5.41) is 13.5. The highest BCUT2D eigenvalue weighted by Crippen LogP contribution is 2.15. The number of carbonyl (C=O) groups is 3. The molecule has 0 radical (unpaired) electrons. The normalized spacial score (nSPS) is 10.0. The summed E-state index contributed by atoms with van der Waals surface area (Å²) in [6.45, 7) is 2.01. The van der Waals surface area contributed by atoms with E-state index in [-0.39, 0.29) is 19.5 Å². The molecule has 0 aliphatic carbocycles. The molecule has 0 unspecified atom stereocenters. The summed E-state index contributed by atoms with van der Waals surface area (Å²) in [6.07, 6.45) is 0.356. The molecule has 1 aromatic heterocycles.